The van der Waals surface area contributed by atoms with Crippen molar-refractivity contribution >= 4 is 17.3 Å². The van der Waals surface area contributed by atoms with E-state index in [1.165, 1.54) is 6.42 Å². The predicted octanol–water partition coefficient (Wildman–Crippen LogP) is 2.10. The van der Waals surface area contributed by atoms with Crippen LogP contribution in [0.25, 0.3) is 0 Å². The standard InChI is InChI=1S/C16H22N2O3/c17-14-5-4-12(9-13(14)15(19)20)18-8-7-16(21)6-2-1-3-11(16)10-18/h4-5,9,11,21H,1-3,6-8,10,17H2,(H,19,20). The average Bonchev–Trinajstić information content (AvgIpc) is 2.46. The molecule has 5 heteroatoms. The smallest absolute Gasteiger partial charge is 0.337 e. The van der Waals surface area contributed by atoms with Crippen LogP contribution in [-0.4, -0.2) is 34.9 Å². The van der Waals surface area contributed by atoms with Crippen LogP contribution in [0.4, 0.5) is 11.4 Å². The summed E-state index contributed by atoms with van der Waals surface area (Å²) in [4.78, 5) is 13.4. The number of nitrogen functional groups attached to an aromatic ring is 1. The lowest BCUT2D eigenvalue weighted by atomic mass is 9.71. The highest BCUT2D eigenvalue weighted by Gasteiger charge is 2.42. The van der Waals surface area contributed by atoms with E-state index in [0.29, 0.717) is 0 Å². The van der Waals surface area contributed by atoms with Crippen molar-refractivity contribution in [3.63, 3.8) is 0 Å². The molecule has 114 valence electrons. The second-order valence-electron chi connectivity index (χ2n) is 6.32. The first-order valence-corrected chi connectivity index (χ1v) is 7.60. The van der Waals surface area contributed by atoms with Gasteiger partial charge in [-0.25, -0.2) is 4.79 Å². The number of nitrogens with zero attached hydrogens (tertiary/aromatic N) is 1. The first kappa shape index (κ1) is 14.2. The van der Waals surface area contributed by atoms with Gasteiger partial charge in [0.2, 0.25) is 0 Å². The van der Waals surface area contributed by atoms with E-state index in [1.807, 2.05) is 6.07 Å². The molecule has 0 spiro atoms. The molecule has 1 aromatic carbocycles. The molecule has 0 aromatic heterocycles. The summed E-state index contributed by atoms with van der Waals surface area (Å²) in [6.07, 6.45) is 4.98. The number of anilines is 2. The summed E-state index contributed by atoms with van der Waals surface area (Å²) in [5, 5.41) is 19.9. The second kappa shape index (κ2) is 5.22. The molecule has 21 heavy (non-hydrogen) atoms. The molecule has 0 radical (unpaired) electrons. The number of nitrogens with two attached hydrogens (primary N) is 1. The van der Waals surface area contributed by atoms with E-state index in [9.17, 15) is 15.0 Å². The minimum Gasteiger partial charge on any atom is -0.478 e. The van der Waals surface area contributed by atoms with Gasteiger partial charge in [-0.15, -0.1) is 0 Å². The molecular weight excluding hydrogens is 268 g/mol. The van der Waals surface area contributed by atoms with E-state index in [0.717, 1.165) is 44.5 Å². The van der Waals surface area contributed by atoms with Gasteiger partial charge in [0, 0.05) is 30.4 Å². The summed E-state index contributed by atoms with van der Waals surface area (Å²) in [6, 6.07) is 5.17. The lowest BCUT2D eigenvalue weighted by Crippen LogP contribution is -2.53. The zero-order chi connectivity index (χ0) is 15.0. The minimum atomic E-state index is -1.000. The van der Waals surface area contributed by atoms with E-state index in [1.54, 1.807) is 12.1 Å². The Morgan fingerprint density at radius 3 is 2.90 bits per heavy atom. The van der Waals surface area contributed by atoms with Gasteiger partial charge in [-0.05, 0) is 37.5 Å². The van der Waals surface area contributed by atoms with Gasteiger partial charge in [-0.2, -0.15) is 0 Å². The summed E-state index contributed by atoms with van der Waals surface area (Å²) in [5.74, 6) is -0.716. The summed E-state index contributed by atoms with van der Waals surface area (Å²) in [7, 11) is 0. The number of benzene rings is 1. The second-order valence-corrected chi connectivity index (χ2v) is 6.32. The number of aromatic carboxylic acids is 1. The van der Waals surface area contributed by atoms with E-state index in [2.05, 4.69) is 4.90 Å². The van der Waals surface area contributed by atoms with Crippen LogP contribution in [0, 0.1) is 5.92 Å². The predicted molar refractivity (Wildman–Crippen MR) is 81.6 cm³/mol. The molecule has 3 rings (SSSR count). The SMILES string of the molecule is Nc1ccc(N2CCC3(O)CCCCC3C2)cc1C(=O)O. The van der Waals surface area contributed by atoms with Crippen molar-refractivity contribution in [1.82, 2.24) is 0 Å². The molecule has 4 N–H and O–H groups in total. The lowest BCUT2D eigenvalue weighted by molar-refractivity contribution is -0.0612. The molecule has 1 saturated carbocycles. The van der Waals surface area contributed by atoms with Crippen LogP contribution in [-0.2, 0) is 0 Å². The number of carbonyl (C=O) groups is 1. The number of carboxylic acid groups (broad SMARTS) is 1. The van der Waals surface area contributed by atoms with Crippen LogP contribution < -0.4 is 10.6 Å². The quantitative estimate of drug-likeness (QED) is 0.726. The van der Waals surface area contributed by atoms with Crippen LogP contribution in [0.2, 0.25) is 0 Å². The van der Waals surface area contributed by atoms with Gasteiger partial charge in [-0.3, -0.25) is 0 Å². The van der Waals surface area contributed by atoms with Crippen LogP contribution in [0.1, 0.15) is 42.5 Å². The summed E-state index contributed by atoms with van der Waals surface area (Å²) < 4.78 is 0. The molecule has 2 aliphatic rings. The number of fused-ring (bicyclic) bond motifs is 1. The Morgan fingerprint density at radius 1 is 1.33 bits per heavy atom. The van der Waals surface area contributed by atoms with Gasteiger partial charge in [0.15, 0.2) is 0 Å². The van der Waals surface area contributed by atoms with Gasteiger partial charge >= 0.3 is 5.97 Å². The zero-order valence-electron chi connectivity index (χ0n) is 12.1. The first-order valence-electron chi connectivity index (χ1n) is 7.60. The zero-order valence-corrected chi connectivity index (χ0v) is 12.1. The number of aliphatic hydroxyl groups is 1. The van der Waals surface area contributed by atoms with Crippen molar-refractivity contribution in [2.45, 2.75) is 37.7 Å². The molecular formula is C16H22N2O3. The molecule has 1 aromatic rings. The number of hydrogen-bond donors (Lipinski definition) is 3. The van der Waals surface area contributed by atoms with Crippen LogP contribution in [0.15, 0.2) is 18.2 Å². The molecule has 0 bridgehead atoms. The largest absolute Gasteiger partial charge is 0.478 e. The van der Waals surface area contributed by atoms with Crippen LogP contribution >= 0.6 is 0 Å². The van der Waals surface area contributed by atoms with E-state index in [4.69, 9.17) is 5.73 Å². The number of hydrogen-bond acceptors (Lipinski definition) is 4. The molecule has 0 amide bonds. The molecule has 5 nitrogen and oxygen atoms in total. The van der Waals surface area contributed by atoms with Crippen molar-refractivity contribution in [1.29, 1.82) is 0 Å². The van der Waals surface area contributed by atoms with Crippen molar-refractivity contribution in [2.75, 3.05) is 23.7 Å². The molecule has 2 unspecified atom stereocenters. The molecule has 1 heterocycles. The molecule has 2 fully saturated rings. The van der Waals surface area contributed by atoms with Gasteiger partial charge < -0.3 is 20.8 Å². The molecule has 2 atom stereocenters. The third-order valence-corrected chi connectivity index (χ3v) is 5.06. The maximum absolute atomic E-state index is 11.2. The maximum atomic E-state index is 11.2. The fraction of sp³-hybridized carbons (Fsp3) is 0.562. The van der Waals surface area contributed by atoms with Crippen LogP contribution in [0.3, 0.4) is 0 Å². The Bertz CT molecular complexity index is 560. The van der Waals surface area contributed by atoms with Gasteiger partial charge in [0.25, 0.3) is 0 Å². The summed E-state index contributed by atoms with van der Waals surface area (Å²) >= 11 is 0. The van der Waals surface area contributed by atoms with Gasteiger partial charge in [0.1, 0.15) is 0 Å². The van der Waals surface area contributed by atoms with Crippen LogP contribution in [0.5, 0.6) is 0 Å². The topological polar surface area (TPSA) is 86.8 Å². The Morgan fingerprint density at radius 2 is 2.14 bits per heavy atom. The van der Waals surface area contributed by atoms with Crippen molar-refractivity contribution in [2.24, 2.45) is 5.92 Å². The number of piperidine rings is 1. The Balaban J connectivity index is 1.82. The Labute approximate surface area is 124 Å². The fourth-order valence-electron chi connectivity index (χ4n) is 3.73. The summed E-state index contributed by atoms with van der Waals surface area (Å²) in [6.45, 7) is 1.55. The van der Waals surface area contributed by atoms with E-state index >= 15 is 0 Å². The first-order chi connectivity index (χ1) is 9.99. The molecule has 1 aliphatic carbocycles. The highest BCUT2D eigenvalue weighted by atomic mass is 16.4. The third-order valence-electron chi connectivity index (χ3n) is 5.06. The minimum absolute atomic E-state index is 0.150. The monoisotopic (exact) mass is 290 g/mol. The lowest BCUT2D eigenvalue weighted by Gasteiger charge is -2.48. The third kappa shape index (κ3) is 2.58. The normalized spacial score (nSPS) is 29.0. The molecule has 1 aliphatic heterocycles. The Hall–Kier alpha value is -1.75. The Kier molecular flexibility index (Phi) is 3.53. The number of carboxylic acids is 1. The average molecular weight is 290 g/mol. The van der Waals surface area contributed by atoms with Gasteiger partial charge in [-0.1, -0.05) is 12.8 Å². The highest BCUT2D eigenvalue weighted by molar-refractivity contribution is 5.94. The molecule has 1 saturated heterocycles. The van der Waals surface area contributed by atoms with E-state index in [-0.39, 0.29) is 17.2 Å². The number of rotatable bonds is 2. The highest BCUT2D eigenvalue weighted by Crippen LogP contribution is 2.41. The van der Waals surface area contributed by atoms with Crippen molar-refractivity contribution < 1.29 is 15.0 Å². The summed E-state index contributed by atoms with van der Waals surface area (Å²) in [5.41, 5.74) is 6.51. The van der Waals surface area contributed by atoms with E-state index < -0.39 is 11.6 Å². The van der Waals surface area contributed by atoms with Crippen molar-refractivity contribution in [3.8, 4) is 0 Å². The van der Waals surface area contributed by atoms with Crippen molar-refractivity contribution in [3.05, 3.63) is 23.8 Å². The maximum Gasteiger partial charge on any atom is 0.337 e. The van der Waals surface area contributed by atoms with Gasteiger partial charge in [0.05, 0.1) is 11.2 Å². The fourth-order valence-corrected chi connectivity index (χ4v) is 3.73.